The van der Waals surface area contributed by atoms with Crippen LogP contribution in [0.25, 0.3) is 0 Å². The molecule has 0 bridgehead atoms. The molecular weight excluding hydrogens is 352 g/mol. The molecular formula is C23H26N2O3. The third kappa shape index (κ3) is 3.88. The van der Waals surface area contributed by atoms with Gasteiger partial charge in [-0.25, -0.2) is 4.79 Å². The summed E-state index contributed by atoms with van der Waals surface area (Å²) in [5.74, 6) is -0.452. The van der Waals surface area contributed by atoms with Crippen molar-refractivity contribution in [2.24, 2.45) is 5.92 Å². The fourth-order valence-electron chi connectivity index (χ4n) is 4.45. The molecule has 2 aromatic carbocycles. The number of carbonyl (C=O) groups excluding carboxylic acids is 1. The molecule has 1 aliphatic carbocycles. The summed E-state index contributed by atoms with van der Waals surface area (Å²) in [6, 6.07) is 16.0. The van der Waals surface area contributed by atoms with Gasteiger partial charge in [-0.2, -0.15) is 0 Å². The Morgan fingerprint density at radius 1 is 0.964 bits per heavy atom. The van der Waals surface area contributed by atoms with Gasteiger partial charge in [0, 0.05) is 17.9 Å². The molecule has 4 rings (SSSR count). The van der Waals surface area contributed by atoms with Gasteiger partial charge in [-0.3, -0.25) is 9.69 Å². The molecule has 2 aliphatic rings. The van der Waals surface area contributed by atoms with E-state index in [9.17, 15) is 9.59 Å². The lowest BCUT2D eigenvalue weighted by Gasteiger charge is -2.29. The smallest absolute Gasteiger partial charge is 0.326 e. The number of rotatable bonds is 3. The van der Waals surface area contributed by atoms with E-state index in [0.29, 0.717) is 5.92 Å². The molecule has 0 aromatic heterocycles. The van der Waals surface area contributed by atoms with E-state index in [1.807, 2.05) is 35.2 Å². The summed E-state index contributed by atoms with van der Waals surface area (Å²) in [5.41, 5.74) is 4.23. The maximum absolute atomic E-state index is 12.8. The maximum Gasteiger partial charge on any atom is 0.326 e. The number of carboxylic acid groups (broad SMARTS) is 1. The highest BCUT2D eigenvalue weighted by Crippen LogP contribution is 2.36. The van der Waals surface area contributed by atoms with E-state index in [2.05, 4.69) is 23.5 Å². The molecule has 0 spiro atoms. The van der Waals surface area contributed by atoms with Crippen LogP contribution >= 0.6 is 0 Å². The van der Waals surface area contributed by atoms with E-state index in [0.717, 1.165) is 56.4 Å². The molecule has 146 valence electrons. The lowest BCUT2D eigenvalue weighted by molar-refractivity contribution is -0.142. The van der Waals surface area contributed by atoms with E-state index in [4.69, 9.17) is 5.11 Å². The van der Waals surface area contributed by atoms with Gasteiger partial charge in [0.2, 0.25) is 0 Å². The molecule has 1 aliphatic heterocycles. The van der Waals surface area contributed by atoms with Crippen LogP contribution in [0, 0.1) is 5.92 Å². The molecule has 5 nitrogen and oxygen atoms in total. The van der Waals surface area contributed by atoms with E-state index >= 15 is 0 Å². The molecule has 5 heteroatoms. The van der Waals surface area contributed by atoms with Gasteiger partial charge in [-0.1, -0.05) is 30.3 Å². The van der Waals surface area contributed by atoms with Crippen LogP contribution in [-0.2, 0) is 11.2 Å². The van der Waals surface area contributed by atoms with Crippen molar-refractivity contribution in [1.29, 1.82) is 0 Å². The quantitative estimate of drug-likeness (QED) is 0.787. The highest BCUT2D eigenvalue weighted by atomic mass is 16.4. The molecule has 2 N–H and O–H groups in total. The molecule has 1 fully saturated rings. The van der Waals surface area contributed by atoms with Crippen molar-refractivity contribution in [2.45, 2.75) is 44.4 Å². The summed E-state index contributed by atoms with van der Waals surface area (Å²) in [5, 5.41) is 12.2. The van der Waals surface area contributed by atoms with Crippen molar-refractivity contribution >= 4 is 23.4 Å². The minimum absolute atomic E-state index is 0.0955. The Hall–Kier alpha value is -2.82. The van der Waals surface area contributed by atoms with Crippen molar-refractivity contribution < 1.29 is 14.7 Å². The summed E-state index contributed by atoms with van der Waals surface area (Å²) in [6.07, 6.45) is 5.29. The number of anilines is 2. The predicted octanol–water partition coefficient (Wildman–Crippen LogP) is 5.03. The van der Waals surface area contributed by atoms with Crippen LogP contribution in [0.5, 0.6) is 0 Å². The average molecular weight is 378 g/mol. The zero-order chi connectivity index (χ0) is 19.5. The van der Waals surface area contributed by atoms with Crippen LogP contribution in [0.3, 0.4) is 0 Å². The highest BCUT2D eigenvalue weighted by Gasteiger charge is 2.27. The molecule has 0 unspecified atom stereocenters. The predicted molar refractivity (Wildman–Crippen MR) is 110 cm³/mol. The second-order valence-electron chi connectivity index (χ2n) is 7.82. The van der Waals surface area contributed by atoms with Crippen molar-refractivity contribution in [1.82, 2.24) is 0 Å². The van der Waals surface area contributed by atoms with Crippen molar-refractivity contribution in [3.8, 4) is 0 Å². The molecule has 2 aromatic rings. The minimum atomic E-state index is -0.671. The maximum atomic E-state index is 12.8. The second-order valence-corrected chi connectivity index (χ2v) is 7.82. The summed E-state index contributed by atoms with van der Waals surface area (Å²) < 4.78 is 0. The largest absolute Gasteiger partial charge is 0.481 e. The molecule has 1 heterocycles. The van der Waals surface area contributed by atoms with Gasteiger partial charge in [0.15, 0.2) is 0 Å². The zero-order valence-corrected chi connectivity index (χ0v) is 15.9. The fourth-order valence-corrected chi connectivity index (χ4v) is 4.45. The van der Waals surface area contributed by atoms with Gasteiger partial charge in [0.25, 0.3) is 0 Å². The molecule has 2 amide bonds. The molecule has 0 saturated heterocycles. The number of nitrogens with one attached hydrogen (secondary N) is 1. The number of carboxylic acids is 1. The number of fused-ring (bicyclic) bond motifs is 1. The summed E-state index contributed by atoms with van der Waals surface area (Å²) in [7, 11) is 0. The van der Waals surface area contributed by atoms with E-state index in [1.165, 1.54) is 11.1 Å². The van der Waals surface area contributed by atoms with Gasteiger partial charge in [0.05, 0.1) is 5.92 Å². The Balaban J connectivity index is 1.39. The normalized spacial score (nSPS) is 21.6. The number of hydrogen-bond acceptors (Lipinski definition) is 2. The van der Waals surface area contributed by atoms with Crippen LogP contribution < -0.4 is 10.2 Å². The van der Waals surface area contributed by atoms with Crippen molar-refractivity contribution in [3.05, 3.63) is 59.7 Å². The number of carbonyl (C=O) groups is 2. The van der Waals surface area contributed by atoms with Crippen LogP contribution in [0.15, 0.2) is 48.5 Å². The topological polar surface area (TPSA) is 69.6 Å². The fraction of sp³-hybridized carbons (Fsp3) is 0.391. The lowest BCUT2D eigenvalue weighted by Crippen LogP contribution is -2.38. The number of hydrogen-bond donors (Lipinski definition) is 2. The van der Waals surface area contributed by atoms with Gasteiger partial charge in [-0.15, -0.1) is 0 Å². The number of benzene rings is 2. The first-order valence-electron chi connectivity index (χ1n) is 10.1. The van der Waals surface area contributed by atoms with Crippen LogP contribution in [0.4, 0.5) is 16.2 Å². The monoisotopic (exact) mass is 378 g/mol. The van der Waals surface area contributed by atoms with Crippen LogP contribution in [-0.4, -0.2) is 23.7 Å². The lowest BCUT2D eigenvalue weighted by atomic mass is 9.79. The Kier molecular flexibility index (Phi) is 5.33. The van der Waals surface area contributed by atoms with E-state index in [-0.39, 0.29) is 11.9 Å². The van der Waals surface area contributed by atoms with Gasteiger partial charge in [-0.05, 0) is 73.8 Å². The van der Waals surface area contributed by atoms with Gasteiger partial charge >= 0.3 is 12.0 Å². The summed E-state index contributed by atoms with van der Waals surface area (Å²) in [6.45, 7) is 0.730. The molecule has 1 saturated carbocycles. The van der Waals surface area contributed by atoms with Crippen LogP contribution in [0.2, 0.25) is 0 Å². The summed E-state index contributed by atoms with van der Waals surface area (Å²) >= 11 is 0. The average Bonchev–Trinajstić information content (AvgIpc) is 2.74. The number of urea groups is 1. The van der Waals surface area contributed by atoms with Gasteiger partial charge in [0.1, 0.15) is 0 Å². The Morgan fingerprint density at radius 3 is 2.39 bits per heavy atom. The van der Waals surface area contributed by atoms with E-state index in [1.54, 1.807) is 0 Å². The number of nitrogens with zero attached hydrogens (tertiary/aromatic N) is 1. The second kappa shape index (κ2) is 8.05. The Morgan fingerprint density at radius 2 is 1.68 bits per heavy atom. The van der Waals surface area contributed by atoms with Crippen LogP contribution in [0.1, 0.15) is 49.1 Å². The third-order valence-corrected chi connectivity index (χ3v) is 6.07. The first-order valence-corrected chi connectivity index (χ1v) is 10.1. The minimum Gasteiger partial charge on any atom is -0.481 e. The number of para-hydroxylation sites is 1. The molecule has 28 heavy (non-hydrogen) atoms. The third-order valence-electron chi connectivity index (χ3n) is 6.07. The number of aliphatic carboxylic acids is 1. The number of amides is 2. The van der Waals surface area contributed by atoms with Crippen molar-refractivity contribution in [2.75, 3.05) is 16.8 Å². The number of aryl methyl sites for hydroxylation is 1. The molecule has 0 atom stereocenters. The van der Waals surface area contributed by atoms with E-state index < -0.39 is 5.97 Å². The Bertz CT molecular complexity index is 854. The Labute approximate surface area is 165 Å². The molecule has 0 radical (unpaired) electrons. The first-order chi connectivity index (χ1) is 13.6. The first kappa shape index (κ1) is 18.5. The SMILES string of the molecule is O=C(O)C1CCC(c2ccc(NC(=O)N3CCCc4ccccc43)cc2)CC1. The highest BCUT2D eigenvalue weighted by molar-refractivity contribution is 6.02. The standard InChI is InChI=1S/C23H26N2O3/c26-22(27)19-9-7-16(8-10-19)17-11-13-20(14-12-17)24-23(28)25-15-3-5-18-4-1-2-6-21(18)25/h1-2,4,6,11-14,16,19H,3,5,7-10,15H2,(H,24,28)(H,26,27). The zero-order valence-electron chi connectivity index (χ0n) is 15.9. The van der Waals surface area contributed by atoms with Crippen molar-refractivity contribution in [3.63, 3.8) is 0 Å². The van der Waals surface area contributed by atoms with Gasteiger partial charge < -0.3 is 10.4 Å². The summed E-state index contributed by atoms with van der Waals surface area (Å²) in [4.78, 5) is 25.7.